The minimum Gasteiger partial charge on any atom is -0.393 e. The van der Waals surface area contributed by atoms with Crippen LogP contribution >= 0.6 is 0 Å². The third-order valence-corrected chi connectivity index (χ3v) is 3.31. The minimum absolute atomic E-state index is 0.112. The number of hydrogen-bond donors (Lipinski definition) is 1. The van der Waals surface area contributed by atoms with Gasteiger partial charge in [0.25, 0.3) is 0 Å². The van der Waals surface area contributed by atoms with E-state index in [0.717, 1.165) is 5.69 Å². The van der Waals surface area contributed by atoms with Crippen LogP contribution in [0.5, 0.6) is 0 Å². The summed E-state index contributed by atoms with van der Waals surface area (Å²) in [5, 5.41) is 9.73. The third kappa shape index (κ3) is 1.69. The predicted octanol–water partition coefficient (Wildman–Crippen LogP) is 2.52. The average molecular weight is 223 g/mol. The molecule has 0 saturated carbocycles. The molecule has 2 unspecified atom stereocenters. The molecule has 1 aliphatic rings. The summed E-state index contributed by atoms with van der Waals surface area (Å²) in [7, 11) is 0. The molecule has 0 fully saturated rings. The van der Waals surface area contributed by atoms with Gasteiger partial charge in [0.05, 0.1) is 6.10 Å². The van der Waals surface area contributed by atoms with Gasteiger partial charge in [0.2, 0.25) is 0 Å². The van der Waals surface area contributed by atoms with Gasteiger partial charge in [0.15, 0.2) is 0 Å². The highest BCUT2D eigenvalue weighted by molar-refractivity contribution is 5.61. The van der Waals surface area contributed by atoms with Gasteiger partial charge in [0, 0.05) is 29.8 Å². The quantitative estimate of drug-likeness (QED) is 0.832. The minimum atomic E-state index is -0.514. The van der Waals surface area contributed by atoms with E-state index in [1.165, 1.54) is 6.07 Å². The molecule has 2 atom stereocenters. The monoisotopic (exact) mass is 223 g/mol. The van der Waals surface area contributed by atoms with Gasteiger partial charge < -0.3 is 10.0 Å². The fourth-order valence-electron chi connectivity index (χ4n) is 2.43. The first-order valence-electron chi connectivity index (χ1n) is 5.75. The Labute approximate surface area is 95.7 Å². The second kappa shape index (κ2) is 4.06. The molecule has 0 radical (unpaired) electrons. The molecule has 1 aliphatic heterocycles. The second-order valence-electron chi connectivity index (χ2n) is 4.77. The summed E-state index contributed by atoms with van der Waals surface area (Å²) < 4.78 is 13.8. The van der Waals surface area contributed by atoms with E-state index in [2.05, 4.69) is 18.7 Å². The van der Waals surface area contributed by atoms with Crippen molar-refractivity contribution >= 4 is 5.69 Å². The van der Waals surface area contributed by atoms with Crippen LogP contribution in [0.1, 0.15) is 32.3 Å². The second-order valence-corrected chi connectivity index (χ2v) is 4.77. The number of hydrogen-bond acceptors (Lipinski definition) is 2. The smallest absolute Gasteiger partial charge is 0.128 e. The Morgan fingerprint density at radius 1 is 1.38 bits per heavy atom. The lowest BCUT2D eigenvalue weighted by atomic mass is 9.96. The first-order valence-corrected chi connectivity index (χ1v) is 5.75. The topological polar surface area (TPSA) is 23.5 Å². The summed E-state index contributed by atoms with van der Waals surface area (Å²) in [5.74, 6) is -0.315. The fourth-order valence-corrected chi connectivity index (χ4v) is 2.43. The normalized spacial score (nSPS) is 21.4. The maximum Gasteiger partial charge on any atom is 0.128 e. The summed E-state index contributed by atoms with van der Waals surface area (Å²) in [6.07, 6.45) is -0.514. The highest BCUT2D eigenvalue weighted by atomic mass is 19.1. The van der Waals surface area contributed by atoms with Crippen molar-refractivity contribution in [3.05, 3.63) is 29.6 Å². The van der Waals surface area contributed by atoms with Crippen molar-refractivity contribution in [2.24, 2.45) is 0 Å². The molecule has 1 heterocycles. The lowest BCUT2D eigenvalue weighted by Gasteiger charge is -2.24. The van der Waals surface area contributed by atoms with E-state index in [9.17, 15) is 9.50 Å². The molecule has 1 N–H and O–H groups in total. The third-order valence-electron chi connectivity index (χ3n) is 3.31. The van der Waals surface area contributed by atoms with Crippen LogP contribution in [0, 0.1) is 5.82 Å². The number of halogens is 1. The summed E-state index contributed by atoms with van der Waals surface area (Å²) in [6, 6.07) is 5.46. The largest absolute Gasteiger partial charge is 0.393 e. The van der Waals surface area contributed by atoms with Crippen molar-refractivity contribution < 1.29 is 9.50 Å². The van der Waals surface area contributed by atoms with Crippen LogP contribution in [0.25, 0.3) is 0 Å². The summed E-state index contributed by atoms with van der Waals surface area (Å²) in [6.45, 7) is 6.59. The van der Waals surface area contributed by atoms with Gasteiger partial charge in [-0.15, -0.1) is 0 Å². The Balaban J connectivity index is 2.49. The number of anilines is 1. The molecule has 16 heavy (non-hydrogen) atoms. The van der Waals surface area contributed by atoms with E-state index in [1.807, 2.05) is 6.07 Å². The van der Waals surface area contributed by atoms with Crippen molar-refractivity contribution in [2.45, 2.75) is 38.8 Å². The van der Waals surface area contributed by atoms with Crippen LogP contribution in [-0.2, 0) is 0 Å². The van der Waals surface area contributed by atoms with Crippen molar-refractivity contribution in [3.8, 4) is 0 Å². The maximum atomic E-state index is 13.8. The van der Waals surface area contributed by atoms with Gasteiger partial charge in [-0.2, -0.15) is 0 Å². The van der Waals surface area contributed by atoms with Gasteiger partial charge >= 0.3 is 0 Å². The van der Waals surface area contributed by atoms with Crippen molar-refractivity contribution in [1.29, 1.82) is 0 Å². The highest BCUT2D eigenvalue weighted by Gasteiger charge is 2.34. The van der Waals surface area contributed by atoms with E-state index < -0.39 is 6.10 Å². The number of benzene rings is 1. The Morgan fingerprint density at radius 3 is 2.62 bits per heavy atom. The van der Waals surface area contributed by atoms with Crippen LogP contribution in [0.2, 0.25) is 0 Å². The van der Waals surface area contributed by atoms with Gasteiger partial charge in [0.1, 0.15) is 5.82 Å². The van der Waals surface area contributed by atoms with Gasteiger partial charge in [-0.05, 0) is 32.9 Å². The molecule has 0 bridgehead atoms. The number of aliphatic hydroxyl groups excluding tert-OH is 1. The SMILES string of the molecule is CC(O)C1CN(C(C)C)c2cccc(F)c21. The Kier molecular flexibility index (Phi) is 2.89. The van der Waals surface area contributed by atoms with Gasteiger partial charge in [-0.25, -0.2) is 4.39 Å². The maximum absolute atomic E-state index is 13.8. The lowest BCUT2D eigenvalue weighted by Crippen LogP contribution is -2.31. The average Bonchev–Trinajstić information content (AvgIpc) is 2.58. The molecular formula is C13H18FNO. The molecular weight excluding hydrogens is 205 g/mol. The zero-order valence-corrected chi connectivity index (χ0v) is 9.94. The van der Waals surface area contributed by atoms with Crippen molar-refractivity contribution in [2.75, 3.05) is 11.4 Å². The van der Waals surface area contributed by atoms with E-state index in [-0.39, 0.29) is 11.7 Å². The Morgan fingerprint density at radius 2 is 2.06 bits per heavy atom. The summed E-state index contributed by atoms with van der Waals surface area (Å²) in [4.78, 5) is 2.15. The molecule has 0 saturated heterocycles. The summed E-state index contributed by atoms with van der Waals surface area (Å²) >= 11 is 0. The van der Waals surface area contributed by atoms with Crippen molar-refractivity contribution in [3.63, 3.8) is 0 Å². The van der Waals surface area contributed by atoms with E-state index in [1.54, 1.807) is 13.0 Å². The van der Waals surface area contributed by atoms with Gasteiger partial charge in [-0.3, -0.25) is 0 Å². The van der Waals surface area contributed by atoms with Crippen LogP contribution in [-0.4, -0.2) is 23.8 Å². The number of aliphatic hydroxyl groups is 1. The number of nitrogens with zero attached hydrogens (tertiary/aromatic N) is 1. The lowest BCUT2D eigenvalue weighted by molar-refractivity contribution is 0.165. The molecule has 1 aromatic carbocycles. The van der Waals surface area contributed by atoms with Crippen LogP contribution in [0.4, 0.5) is 10.1 Å². The fraction of sp³-hybridized carbons (Fsp3) is 0.538. The standard InChI is InChI=1S/C13H18FNO/c1-8(2)15-7-10(9(3)16)13-11(14)5-4-6-12(13)15/h4-6,8-10,16H,7H2,1-3H3. The van der Waals surface area contributed by atoms with E-state index in [0.29, 0.717) is 18.2 Å². The number of fused-ring (bicyclic) bond motifs is 1. The molecule has 0 aliphatic carbocycles. The molecule has 2 nitrogen and oxygen atoms in total. The molecule has 88 valence electrons. The summed E-state index contributed by atoms with van der Waals surface area (Å²) in [5.41, 5.74) is 1.60. The molecule has 2 rings (SSSR count). The van der Waals surface area contributed by atoms with E-state index >= 15 is 0 Å². The zero-order valence-electron chi connectivity index (χ0n) is 9.94. The number of rotatable bonds is 2. The highest BCUT2D eigenvalue weighted by Crippen LogP contribution is 2.40. The molecule has 0 aromatic heterocycles. The first-order chi connectivity index (χ1) is 7.52. The molecule has 3 heteroatoms. The van der Waals surface area contributed by atoms with Crippen LogP contribution in [0.3, 0.4) is 0 Å². The molecule has 0 spiro atoms. The predicted molar refractivity (Wildman–Crippen MR) is 63.3 cm³/mol. The van der Waals surface area contributed by atoms with Gasteiger partial charge in [-0.1, -0.05) is 6.07 Å². The molecule has 0 amide bonds. The van der Waals surface area contributed by atoms with Crippen LogP contribution < -0.4 is 4.90 Å². The Hall–Kier alpha value is -1.09. The Bertz CT molecular complexity index is 390. The van der Waals surface area contributed by atoms with E-state index in [4.69, 9.17) is 0 Å². The zero-order chi connectivity index (χ0) is 11.9. The van der Waals surface area contributed by atoms with Crippen molar-refractivity contribution in [1.82, 2.24) is 0 Å². The van der Waals surface area contributed by atoms with Crippen LogP contribution in [0.15, 0.2) is 18.2 Å². The molecule has 1 aromatic rings. The first kappa shape index (κ1) is 11.4.